The maximum Gasteiger partial charge on any atom is 0.490 e. The molecule has 1 spiro atoms. The molecule has 0 saturated carbocycles. The van der Waals surface area contributed by atoms with Crippen LogP contribution in [0.1, 0.15) is 6.42 Å². The third kappa shape index (κ3) is 2.95. The van der Waals surface area contributed by atoms with Gasteiger partial charge in [-0.25, -0.2) is 4.79 Å². The minimum Gasteiger partial charge on any atom is -0.437 e. The molecule has 0 amide bonds. The van der Waals surface area contributed by atoms with Crippen molar-refractivity contribution in [1.29, 1.82) is 0 Å². The molecule has 1 N–H and O–H groups in total. The number of alkyl halides is 5. The van der Waals surface area contributed by atoms with Gasteiger partial charge in [-0.05, 0) is 0 Å². The van der Waals surface area contributed by atoms with E-state index in [2.05, 4.69) is 14.8 Å². The standard InChI is InChI=1S/C9H10F5NO4/c10-7(11)18-4-1-8(17-2-4)3-15-5(8)19-6(16)9(12,13)14/h4-5,7,15H,1-3H2. The molecule has 0 bridgehead atoms. The smallest absolute Gasteiger partial charge is 0.437 e. The number of ether oxygens (including phenoxy) is 3. The van der Waals surface area contributed by atoms with E-state index < -0.39 is 36.7 Å². The Hall–Kier alpha value is -1.00. The van der Waals surface area contributed by atoms with Crippen molar-refractivity contribution in [2.45, 2.75) is 37.1 Å². The first-order valence-electron chi connectivity index (χ1n) is 5.32. The summed E-state index contributed by atoms with van der Waals surface area (Å²) < 4.78 is 73.6. The van der Waals surface area contributed by atoms with Gasteiger partial charge in [0.1, 0.15) is 5.60 Å². The number of carbonyl (C=O) groups excluding carboxylic acids is 1. The first kappa shape index (κ1) is 14.4. The summed E-state index contributed by atoms with van der Waals surface area (Å²) in [4.78, 5) is 10.7. The Balaban J connectivity index is 1.90. The van der Waals surface area contributed by atoms with Crippen LogP contribution in [-0.2, 0) is 19.0 Å². The molecule has 19 heavy (non-hydrogen) atoms. The molecule has 0 aliphatic carbocycles. The fourth-order valence-electron chi connectivity index (χ4n) is 2.04. The summed E-state index contributed by atoms with van der Waals surface area (Å²) in [7, 11) is 0. The first-order valence-corrected chi connectivity index (χ1v) is 5.32. The minimum atomic E-state index is -5.12. The normalized spacial score (nSPS) is 34.6. The average molecular weight is 291 g/mol. The van der Waals surface area contributed by atoms with Crippen LogP contribution < -0.4 is 5.32 Å². The van der Waals surface area contributed by atoms with E-state index in [1.165, 1.54) is 0 Å². The highest BCUT2D eigenvalue weighted by molar-refractivity contribution is 5.75. The van der Waals surface area contributed by atoms with Gasteiger partial charge < -0.3 is 14.2 Å². The molecular weight excluding hydrogens is 281 g/mol. The second-order valence-electron chi connectivity index (χ2n) is 4.26. The predicted molar refractivity (Wildman–Crippen MR) is 48.1 cm³/mol. The van der Waals surface area contributed by atoms with Gasteiger partial charge in [0.05, 0.1) is 12.7 Å². The molecule has 2 aliphatic heterocycles. The van der Waals surface area contributed by atoms with Crippen molar-refractivity contribution in [2.75, 3.05) is 13.2 Å². The molecule has 2 heterocycles. The zero-order valence-electron chi connectivity index (χ0n) is 9.38. The van der Waals surface area contributed by atoms with Crippen molar-refractivity contribution >= 4 is 5.97 Å². The van der Waals surface area contributed by atoms with E-state index in [4.69, 9.17) is 4.74 Å². The van der Waals surface area contributed by atoms with Gasteiger partial charge in [-0.2, -0.15) is 22.0 Å². The summed E-state index contributed by atoms with van der Waals surface area (Å²) in [6.45, 7) is -3.08. The van der Waals surface area contributed by atoms with Crippen LogP contribution in [0.2, 0.25) is 0 Å². The number of rotatable bonds is 3. The summed E-state index contributed by atoms with van der Waals surface area (Å²) >= 11 is 0. The van der Waals surface area contributed by atoms with Crippen molar-refractivity contribution in [3.63, 3.8) is 0 Å². The van der Waals surface area contributed by atoms with Crippen LogP contribution in [0.5, 0.6) is 0 Å². The van der Waals surface area contributed by atoms with Gasteiger partial charge in [-0.3, -0.25) is 5.32 Å². The fraction of sp³-hybridized carbons (Fsp3) is 0.889. The Bertz CT molecular complexity index is 363. The van der Waals surface area contributed by atoms with Crippen LogP contribution in [0.15, 0.2) is 0 Å². The highest BCUT2D eigenvalue weighted by Gasteiger charge is 2.57. The molecule has 0 aromatic carbocycles. The van der Waals surface area contributed by atoms with Crippen molar-refractivity contribution < 1.29 is 41.0 Å². The third-order valence-corrected chi connectivity index (χ3v) is 2.95. The molecule has 2 fully saturated rings. The van der Waals surface area contributed by atoms with Gasteiger partial charge in [0.25, 0.3) is 0 Å². The van der Waals surface area contributed by atoms with E-state index in [0.29, 0.717) is 0 Å². The maximum atomic E-state index is 12.0. The van der Waals surface area contributed by atoms with Crippen molar-refractivity contribution in [1.82, 2.24) is 5.32 Å². The number of hydrogen-bond donors (Lipinski definition) is 1. The second kappa shape index (κ2) is 4.84. The maximum absolute atomic E-state index is 12.0. The lowest BCUT2D eigenvalue weighted by molar-refractivity contribution is -0.233. The largest absolute Gasteiger partial charge is 0.490 e. The van der Waals surface area contributed by atoms with Crippen LogP contribution >= 0.6 is 0 Å². The molecule has 5 nitrogen and oxygen atoms in total. The Labute approximate surface area is 104 Å². The second-order valence-corrected chi connectivity index (χ2v) is 4.26. The Morgan fingerprint density at radius 2 is 2.11 bits per heavy atom. The molecule has 10 heteroatoms. The van der Waals surface area contributed by atoms with Crippen LogP contribution in [0.3, 0.4) is 0 Å². The Morgan fingerprint density at radius 3 is 2.58 bits per heavy atom. The summed E-state index contributed by atoms with van der Waals surface area (Å²) in [6, 6.07) is 0. The fourth-order valence-corrected chi connectivity index (χ4v) is 2.04. The van der Waals surface area contributed by atoms with E-state index in [0.717, 1.165) is 0 Å². The Morgan fingerprint density at radius 1 is 1.42 bits per heavy atom. The molecule has 2 aliphatic rings. The van der Waals surface area contributed by atoms with Crippen molar-refractivity contribution in [3.05, 3.63) is 0 Å². The molecule has 2 saturated heterocycles. The molecular formula is C9H10F5NO4. The van der Waals surface area contributed by atoms with Crippen LogP contribution in [-0.4, -0.2) is 49.8 Å². The molecule has 110 valence electrons. The van der Waals surface area contributed by atoms with E-state index in [1.807, 2.05) is 0 Å². The lowest BCUT2D eigenvalue weighted by atomic mass is 9.90. The first-order chi connectivity index (χ1) is 8.73. The van der Waals surface area contributed by atoms with E-state index in [9.17, 15) is 26.7 Å². The zero-order chi connectivity index (χ0) is 14.3. The molecule has 0 aromatic rings. The number of nitrogens with one attached hydrogen (secondary N) is 1. The van der Waals surface area contributed by atoms with E-state index in [-0.39, 0.29) is 19.6 Å². The number of esters is 1. The SMILES string of the molecule is O=C(OC1NCC12CC(OC(F)F)CO2)C(F)(F)F. The van der Waals surface area contributed by atoms with Gasteiger partial charge in [-0.15, -0.1) is 0 Å². The van der Waals surface area contributed by atoms with Crippen molar-refractivity contribution in [3.8, 4) is 0 Å². The molecule has 3 unspecified atom stereocenters. The molecule has 0 radical (unpaired) electrons. The highest BCUT2D eigenvalue weighted by atomic mass is 19.4. The van der Waals surface area contributed by atoms with Crippen LogP contribution in [0, 0.1) is 0 Å². The predicted octanol–water partition coefficient (Wildman–Crippen LogP) is 0.788. The summed E-state index contributed by atoms with van der Waals surface area (Å²) in [5.74, 6) is -2.36. The van der Waals surface area contributed by atoms with Crippen LogP contribution in [0.4, 0.5) is 22.0 Å². The lowest BCUT2D eigenvalue weighted by Crippen LogP contribution is -2.69. The van der Waals surface area contributed by atoms with Crippen LogP contribution in [0.25, 0.3) is 0 Å². The summed E-state index contributed by atoms with van der Waals surface area (Å²) in [5, 5.41) is 2.44. The van der Waals surface area contributed by atoms with Gasteiger partial charge in [0.15, 0.2) is 6.23 Å². The topological polar surface area (TPSA) is 56.8 Å². The summed E-state index contributed by atoms with van der Waals surface area (Å²) in [6.07, 6.45) is -7.43. The average Bonchev–Trinajstić information content (AvgIpc) is 2.68. The highest BCUT2D eigenvalue weighted by Crippen LogP contribution is 2.37. The van der Waals surface area contributed by atoms with Gasteiger partial charge >= 0.3 is 18.8 Å². The molecule has 2 rings (SSSR count). The summed E-state index contributed by atoms with van der Waals surface area (Å²) in [5.41, 5.74) is -1.22. The number of halogens is 5. The van der Waals surface area contributed by atoms with Gasteiger partial charge in [0.2, 0.25) is 0 Å². The van der Waals surface area contributed by atoms with E-state index >= 15 is 0 Å². The lowest BCUT2D eigenvalue weighted by Gasteiger charge is -2.45. The quantitative estimate of drug-likeness (QED) is 0.615. The molecule has 3 atom stereocenters. The molecule has 0 aromatic heterocycles. The number of hydrogen-bond acceptors (Lipinski definition) is 5. The number of carbonyl (C=O) groups is 1. The minimum absolute atomic E-state index is 0.0693. The Kier molecular flexibility index (Phi) is 3.67. The van der Waals surface area contributed by atoms with Gasteiger partial charge in [0, 0.05) is 13.0 Å². The van der Waals surface area contributed by atoms with E-state index in [1.54, 1.807) is 0 Å². The third-order valence-electron chi connectivity index (χ3n) is 2.95. The van der Waals surface area contributed by atoms with Gasteiger partial charge in [-0.1, -0.05) is 0 Å². The zero-order valence-corrected chi connectivity index (χ0v) is 9.38. The monoisotopic (exact) mass is 291 g/mol. The van der Waals surface area contributed by atoms with Crippen molar-refractivity contribution in [2.24, 2.45) is 0 Å².